The molecule has 1 aromatic heterocycles. The zero-order chi connectivity index (χ0) is 19.4. The van der Waals surface area contributed by atoms with Crippen molar-refractivity contribution in [1.82, 2.24) is 15.1 Å². The number of carbonyl (C=O) groups excluding carboxylic acids is 1. The fourth-order valence-electron chi connectivity index (χ4n) is 6.47. The van der Waals surface area contributed by atoms with E-state index in [0.717, 1.165) is 57.7 Å². The SMILES string of the molecule is O=C(N[C@@H]1C2CN3CCN(C2)CC1(c1ccccc1)C3)c1csc2c1CCCC2. The minimum absolute atomic E-state index is 0.00926. The van der Waals surface area contributed by atoms with Crippen LogP contribution in [0, 0.1) is 5.92 Å². The maximum atomic E-state index is 13.5. The van der Waals surface area contributed by atoms with E-state index in [0.29, 0.717) is 5.92 Å². The molecule has 4 aliphatic heterocycles. The summed E-state index contributed by atoms with van der Waals surface area (Å²) < 4.78 is 0. The van der Waals surface area contributed by atoms with Crippen molar-refractivity contribution in [2.24, 2.45) is 5.92 Å². The molecule has 1 N–H and O–H groups in total. The summed E-state index contributed by atoms with van der Waals surface area (Å²) in [6.45, 7) is 6.64. The van der Waals surface area contributed by atoms with E-state index in [1.165, 1.54) is 28.8 Å². The maximum absolute atomic E-state index is 13.5. The molecule has 7 rings (SSSR count). The Bertz CT molecular complexity index is 907. The second-order valence-corrected chi connectivity index (χ2v) is 10.4. The molecule has 4 fully saturated rings. The monoisotopic (exact) mass is 407 g/mol. The molecule has 0 spiro atoms. The molecule has 0 radical (unpaired) electrons. The van der Waals surface area contributed by atoms with Gasteiger partial charge < -0.3 is 15.1 Å². The number of hydrogen-bond donors (Lipinski definition) is 1. The summed E-state index contributed by atoms with van der Waals surface area (Å²) in [5, 5.41) is 5.72. The Morgan fingerprint density at radius 3 is 2.52 bits per heavy atom. The van der Waals surface area contributed by atoms with Crippen molar-refractivity contribution in [3.63, 3.8) is 0 Å². The van der Waals surface area contributed by atoms with Gasteiger partial charge >= 0.3 is 0 Å². The van der Waals surface area contributed by atoms with E-state index in [2.05, 4.69) is 50.8 Å². The lowest BCUT2D eigenvalue weighted by Crippen LogP contribution is -2.70. The molecule has 5 heteroatoms. The van der Waals surface area contributed by atoms with Gasteiger partial charge in [-0.3, -0.25) is 4.79 Å². The minimum atomic E-state index is -0.00926. The van der Waals surface area contributed by atoms with Gasteiger partial charge in [0, 0.05) is 66.9 Å². The zero-order valence-electron chi connectivity index (χ0n) is 16.9. The number of aryl methyl sites for hydroxylation is 1. The first kappa shape index (κ1) is 18.1. The third-order valence-corrected chi connectivity index (χ3v) is 8.83. The molecule has 4 nitrogen and oxygen atoms in total. The average Bonchev–Trinajstić information content (AvgIpc) is 3.02. The van der Waals surface area contributed by atoms with Crippen LogP contribution >= 0.6 is 11.3 Å². The van der Waals surface area contributed by atoms with Crippen LogP contribution in [0.3, 0.4) is 0 Å². The van der Waals surface area contributed by atoms with Gasteiger partial charge in [-0.05, 0) is 36.8 Å². The van der Waals surface area contributed by atoms with Gasteiger partial charge in [-0.25, -0.2) is 0 Å². The number of piperidine rings is 2. The van der Waals surface area contributed by atoms with E-state index in [-0.39, 0.29) is 17.4 Å². The van der Waals surface area contributed by atoms with Gasteiger partial charge in [0.05, 0.1) is 5.56 Å². The van der Waals surface area contributed by atoms with Crippen molar-refractivity contribution >= 4 is 17.2 Å². The molecular formula is C24H29N3OS. The van der Waals surface area contributed by atoms with Crippen LogP contribution in [-0.2, 0) is 18.3 Å². The number of rotatable bonds is 3. The Hall–Kier alpha value is -1.69. The normalized spacial score (nSPS) is 35.2. The predicted molar refractivity (Wildman–Crippen MR) is 117 cm³/mol. The van der Waals surface area contributed by atoms with Crippen LogP contribution in [0.5, 0.6) is 0 Å². The smallest absolute Gasteiger partial charge is 0.252 e. The number of carbonyl (C=O) groups is 1. The zero-order valence-corrected chi connectivity index (χ0v) is 17.7. The van der Waals surface area contributed by atoms with E-state index >= 15 is 0 Å². The van der Waals surface area contributed by atoms with E-state index in [4.69, 9.17) is 0 Å². The van der Waals surface area contributed by atoms with Crippen LogP contribution < -0.4 is 5.32 Å². The minimum Gasteiger partial charge on any atom is -0.348 e. The summed E-state index contributed by atoms with van der Waals surface area (Å²) in [4.78, 5) is 20.2. The number of nitrogens with one attached hydrogen (secondary N) is 1. The second kappa shape index (κ2) is 6.93. The number of benzene rings is 1. The van der Waals surface area contributed by atoms with Gasteiger partial charge in [0.1, 0.15) is 0 Å². The lowest BCUT2D eigenvalue weighted by molar-refractivity contribution is 0.0180. The second-order valence-electron chi connectivity index (χ2n) is 9.46. The van der Waals surface area contributed by atoms with Gasteiger partial charge in [-0.2, -0.15) is 0 Å². The molecule has 4 saturated heterocycles. The fraction of sp³-hybridized carbons (Fsp3) is 0.542. The number of nitrogens with zero attached hydrogens (tertiary/aromatic N) is 2. The fourth-order valence-corrected chi connectivity index (χ4v) is 7.60. The first-order valence-corrected chi connectivity index (χ1v) is 12.0. The Labute approximate surface area is 176 Å². The lowest BCUT2D eigenvalue weighted by Gasteiger charge is -2.55. The highest BCUT2D eigenvalue weighted by Crippen LogP contribution is 2.43. The summed E-state index contributed by atoms with van der Waals surface area (Å²) in [7, 11) is 0. The van der Waals surface area contributed by atoms with Crippen molar-refractivity contribution in [3.8, 4) is 0 Å². The van der Waals surface area contributed by atoms with Crippen molar-refractivity contribution in [2.45, 2.75) is 37.1 Å². The first-order chi connectivity index (χ1) is 14.2. The Morgan fingerprint density at radius 1 is 1.03 bits per heavy atom. The molecule has 2 unspecified atom stereocenters. The van der Waals surface area contributed by atoms with Gasteiger partial charge in [0.15, 0.2) is 0 Å². The van der Waals surface area contributed by atoms with Crippen LogP contribution in [0.15, 0.2) is 35.7 Å². The molecule has 1 aliphatic carbocycles. The Morgan fingerprint density at radius 2 is 1.76 bits per heavy atom. The summed E-state index contributed by atoms with van der Waals surface area (Å²) in [6, 6.07) is 11.2. The standard InChI is InChI=1S/C24H29N3OS/c28-23(20-14-29-21-9-5-4-8-19(20)21)25-22-17-12-26-10-11-27(13-17)16-24(22,15-26)18-6-2-1-3-7-18/h1-3,6-7,14,17,22H,4-5,8-13,15-16H2,(H,25,28)/t17?,22-,24?/m1/s1. The molecule has 3 atom stereocenters. The summed E-state index contributed by atoms with van der Waals surface area (Å²) in [5.74, 6) is 0.666. The molecule has 0 saturated carbocycles. The van der Waals surface area contributed by atoms with Crippen molar-refractivity contribution in [1.29, 1.82) is 0 Å². The molecule has 4 bridgehead atoms. The van der Waals surface area contributed by atoms with Gasteiger partial charge in [-0.1, -0.05) is 30.3 Å². The third kappa shape index (κ3) is 2.89. The Kier molecular flexibility index (Phi) is 4.33. The molecule has 152 valence electrons. The highest BCUT2D eigenvalue weighted by molar-refractivity contribution is 7.10. The van der Waals surface area contributed by atoms with E-state index in [1.54, 1.807) is 11.3 Å². The predicted octanol–water partition coefficient (Wildman–Crippen LogP) is 2.92. The van der Waals surface area contributed by atoms with Crippen LogP contribution in [0.25, 0.3) is 0 Å². The average molecular weight is 408 g/mol. The van der Waals surface area contributed by atoms with Crippen LogP contribution in [0.2, 0.25) is 0 Å². The lowest BCUT2D eigenvalue weighted by atomic mass is 9.64. The van der Waals surface area contributed by atoms with Crippen LogP contribution in [-0.4, -0.2) is 61.0 Å². The largest absolute Gasteiger partial charge is 0.348 e. The van der Waals surface area contributed by atoms with Gasteiger partial charge in [0.25, 0.3) is 5.91 Å². The van der Waals surface area contributed by atoms with E-state index in [1.807, 2.05) is 0 Å². The van der Waals surface area contributed by atoms with Crippen molar-refractivity contribution in [3.05, 3.63) is 57.3 Å². The molecule has 5 aliphatic rings. The summed E-state index contributed by atoms with van der Waals surface area (Å²) in [5.41, 5.74) is 3.67. The third-order valence-electron chi connectivity index (χ3n) is 7.74. The molecule has 29 heavy (non-hydrogen) atoms. The number of hydrogen-bond acceptors (Lipinski definition) is 4. The maximum Gasteiger partial charge on any atom is 0.252 e. The van der Waals surface area contributed by atoms with Gasteiger partial charge in [-0.15, -0.1) is 11.3 Å². The van der Waals surface area contributed by atoms with E-state index < -0.39 is 0 Å². The van der Waals surface area contributed by atoms with Crippen molar-refractivity contribution < 1.29 is 4.79 Å². The number of thiophene rings is 1. The molecule has 5 heterocycles. The first-order valence-electron chi connectivity index (χ1n) is 11.1. The Balaban J connectivity index is 1.37. The molecule has 2 aromatic rings. The quantitative estimate of drug-likeness (QED) is 0.850. The van der Waals surface area contributed by atoms with Crippen LogP contribution in [0.1, 0.15) is 39.2 Å². The number of fused-ring (bicyclic) bond motifs is 2. The number of amides is 1. The molecular weight excluding hydrogens is 378 g/mol. The topological polar surface area (TPSA) is 35.6 Å². The molecule has 1 amide bonds. The molecule has 1 aromatic carbocycles. The summed E-state index contributed by atoms with van der Waals surface area (Å²) in [6.07, 6.45) is 4.70. The van der Waals surface area contributed by atoms with E-state index in [9.17, 15) is 4.79 Å². The van der Waals surface area contributed by atoms with Crippen molar-refractivity contribution in [2.75, 3.05) is 39.3 Å². The van der Waals surface area contributed by atoms with Gasteiger partial charge in [0.2, 0.25) is 0 Å². The van der Waals surface area contributed by atoms with Crippen LogP contribution in [0.4, 0.5) is 0 Å². The highest BCUT2D eigenvalue weighted by Gasteiger charge is 2.55. The summed E-state index contributed by atoms with van der Waals surface area (Å²) >= 11 is 1.79. The highest BCUT2D eigenvalue weighted by atomic mass is 32.1.